The maximum atomic E-state index is 13.9. The minimum absolute atomic E-state index is 0.0908. The van der Waals surface area contributed by atoms with E-state index < -0.39 is 11.8 Å². The molecule has 1 amide bonds. The SMILES string of the molecule is COc1ccc(OCc2cc(C3C(C(=O)Nc4ccc(C)cn4)=C(C)NC4=CC(C)(C)CC(=O)C43)ccc2OC)cc1. The summed E-state index contributed by atoms with van der Waals surface area (Å²) in [6, 6.07) is 16.8. The van der Waals surface area contributed by atoms with Crippen LogP contribution in [0.3, 0.4) is 0 Å². The molecule has 2 aliphatic rings. The maximum absolute atomic E-state index is 13.9. The first-order chi connectivity index (χ1) is 20.1. The van der Waals surface area contributed by atoms with Gasteiger partial charge in [0.25, 0.3) is 5.91 Å². The molecule has 0 bridgehead atoms. The van der Waals surface area contributed by atoms with Crippen LogP contribution in [0.4, 0.5) is 5.82 Å². The molecule has 2 heterocycles. The van der Waals surface area contributed by atoms with Crippen LogP contribution in [-0.4, -0.2) is 30.9 Å². The molecule has 0 spiro atoms. The third-order valence-electron chi connectivity index (χ3n) is 7.75. The number of benzene rings is 2. The number of aryl methyl sites for hydroxylation is 1. The summed E-state index contributed by atoms with van der Waals surface area (Å²) in [5.41, 5.74) is 4.36. The average Bonchev–Trinajstić information content (AvgIpc) is 2.96. The van der Waals surface area contributed by atoms with Crippen LogP contribution in [-0.2, 0) is 16.2 Å². The number of carbonyl (C=O) groups is 2. The lowest BCUT2D eigenvalue weighted by Gasteiger charge is -2.41. The monoisotopic (exact) mass is 567 g/mol. The number of nitrogens with one attached hydrogen (secondary N) is 2. The Bertz CT molecular complexity index is 1550. The summed E-state index contributed by atoms with van der Waals surface area (Å²) in [7, 11) is 3.23. The lowest BCUT2D eigenvalue weighted by molar-refractivity contribution is -0.124. The van der Waals surface area contributed by atoms with Crippen molar-refractivity contribution < 1.29 is 23.8 Å². The maximum Gasteiger partial charge on any atom is 0.255 e. The summed E-state index contributed by atoms with van der Waals surface area (Å²) in [4.78, 5) is 32.0. The van der Waals surface area contributed by atoms with Crippen molar-refractivity contribution in [2.75, 3.05) is 19.5 Å². The summed E-state index contributed by atoms with van der Waals surface area (Å²) in [5.74, 6) is 1.27. The Morgan fingerprint density at radius 1 is 1.00 bits per heavy atom. The fourth-order valence-corrected chi connectivity index (χ4v) is 5.79. The lowest BCUT2D eigenvalue weighted by Crippen LogP contribution is -2.44. The summed E-state index contributed by atoms with van der Waals surface area (Å²) in [6.45, 7) is 8.16. The van der Waals surface area contributed by atoms with Crippen LogP contribution >= 0.6 is 0 Å². The van der Waals surface area contributed by atoms with E-state index >= 15 is 0 Å². The highest BCUT2D eigenvalue weighted by molar-refractivity contribution is 6.06. The van der Waals surface area contributed by atoms with Crippen molar-refractivity contribution in [3.63, 3.8) is 0 Å². The Kier molecular flexibility index (Phi) is 8.07. The van der Waals surface area contributed by atoms with Crippen molar-refractivity contribution in [2.24, 2.45) is 11.3 Å². The van der Waals surface area contributed by atoms with Crippen molar-refractivity contribution in [3.8, 4) is 17.2 Å². The zero-order valence-electron chi connectivity index (χ0n) is 24.9. The quantitative estimate of drug-likeness (QED) is 0.340. The Morgan fingerprint density at radius 3 is 2.40 bits per heavy atom. The number of hydrogen-bond acceptors (Lipinski definition) is 7. The van der Waals surface area contributed by atoms with E-state index in [0.717, 1.165) is 28.1 Å². The van der Waals surface area contributed by atoms with Gasteiger partial charge in [-0.05, 0) is 72.9 Å². The molecule has 1 aromatic heterocycles. The standard InChI is InChI=1S/C34H37N3O5/c1-20-7-14-29(35-18-20)37-33(39)30-21(2)36-26-16-34(3,4)17-27(38)32(26)31(30)22-8-13-28(41-6)23(15-22)19-42-25-11-9-24(40-5)10-12-25/h7-16,18,31-32,36H,17,19H2,1-6H3,(H,35,37,39). The molecule has 5 rings (SSSR count). The Balaban J connectivity index is 1.55. The predicted octanol–water partition coefficient (Wildman–Crippen LogP) is 6.08. The van der Waals surface area contributed by atoms with Crippen molar-refractivity contribution in [1.29, 1.82) is 0 Å². The van der Waals surface area contributed by atoms with Crippen LogP contribution in [0.5, 0.6) is 17.2 Å². The molecule has 1 aliphatic heterocycles. The number of pyridine rings is 1. The zero-order chi connectivity index (χ0) is 30.0. The third-order valence-corrected chi connectivity index (χ3v) is 7.75. The summed E-state index contributed by atoms with van der Waals surface area (Å²) >= 11 is 0. The topological polar surface area (TPSA) is 98.8 Å². The van der Waals surface area contributed by atoms with Crippen LogP contribution in [0.2, 0.25) is 0 Å². The molecule has 218 valence electrons. The lowest BCUT2D eigenvalue weighted by atomic mass is 9.66. The fraction of sp³-hybridized carbons (Fsp3) is 0.324. The summed E-state index contributed by atoms with van der Waals surface area (Å²) in [6.07, 6.45) is 4.22. The van der Waals surface area contributed by atoms with E-state index in [1.54, 1.807) is 26.5 Å². The molecule has 8 heteroatoms. The van der Waals surface area contributed by atoms with E-state index in [9.17, 15) is 9.59 Å². The van der Waals surface area contributed by atoms with E-state index in [1.165, 1.54) is 0 Å². The average molecular weight is 568 g/mol. The van der Waals surface area contributed by atoms with Crippen molar-refractivity contribution in [1.82, 2.24) is 10.3 Å². The van der Waals surface area contributed by atoms with Crippen LogP contribution in [0.15, 0.2) is 83.8 Å². The van der Waals surface area contributed by atoms with Gasteiger partial charge >= 0.3 is 0 Å². The number of hydrogen-bond donors (Lipinski definition) is 2. The number of methoxy groups -OCH3 is 2. The highest BCUT2D eigenvalue weighted by atomic mass is 16.5. The van der Waals surface area contributed by atoms with Crippen molar-refractivity contribution >= 4 is 17.5 Å². The number of anilines is 1. The number of nitrogens with zero attached hydrogens (tertiary/aromatic N) is 1. The molecule has 2 N–H and O–H groups in total. The number of Topliss-reactive ketones (excluding diaryl/α,β-unsaturated/α-hetero) is 1. The van der Waals surface area contributed by atoms with E-state index in [1.807, 2.05) is 62.4 Å². The second-order valence-electron chi connectivity index (χ2n) is 11.6. The second-order valence-corrected chi connectivity index (χ2v) is 11.6. The zero-order valence-corrected chi connectivity index (χ0v) is 24.9. The van der Waals surface area contributed by atoms with Gasteiger partial charge in [-0.3, -0.25) is 9.59 Å². The fourth-order valence-electron chi connectivity index (χ4n) is 5.79. The van der Waals surface area contributed by atoms with Gasteiger partial charge in [-0.1, -0.05) is 32.1 Å². The molecule has 3 aromatic rings. The number of allylic oxidation sites excluding steroid dienone is 3. The molecule has 0 saturated heterocycles. The van der Waals surface area contributed by atoms with Gasteiger partial charge in [0.2, 0.25) is 0 Å². The molecule has 0 fully saturated rings. The number of aromatic nitrogens is 1. The summed E-state index contributed by atoms with van der Waals surface area (Å²) in [5, 5.41) is 6.35. The van der Waals surface area contributed by atoms with E-state index in [4.69, 9.17) is 14.2 Å². The minimum Gasteiger partial charge on any atom is -0.497 e. The first-order valence-corrected chi connectivity index (χ1v) is 14.0. The normalized spacial score (nSPS) is 19.3. The van der Waals surface area contributed by atoms with Crippen molar-refractivity contribution in [3.05, 3.63) is 101 Å². The van der Waals surface area contributed by atoms with E-state index in [2.05, 4.69) is 35.5 Å². The number of rotatable bonds is 8. The number of ether oxygens (including phenoxy) is 3. The van der Waals surface area contributed by atoms with E-state index in [-0.39, 0.29) is 23.7 Å². The highest BCUT2D eigenvalue weighted by Crippen LogP contribution is 2.47. The molecular formula is C34H37N3O5. The Morgan fingerprint density at radius 2 is 1.74 bits per heavy atom. The molecule has 0 radical (unpaired) electrons. The molecule has 42 heavy (non-hydrogen) atoms. The molecular weight excluding hydrogens is 530 g/mol. The van der Waals surface area contributed by atoms with Crippen LogP contribution in [0.25, 0.3) is 0 Å². The van der Waals surface area contributed by atoms with E-state index in [0.29, 0.717) is 35.0 Å². The Labute approximate surface area is 246 Å². The molecule has 0 saturated carbocycles. The number of carbonyl (C=O) groups excluding carboxylic acids is 2. The van der Waals surface area contributed by atoms with Gasteiger partial charge in [0, 0.05) is 41.1 Å². The van der Waals surface area contributed by atoms with Gasteiger partial charge in [-0.15, -0.1) is 0 Å². The van der Waals surface area contributed by atoms with Crippen LogP contribution in [0, 0.1) is 18.3 Å². The number of ketones is 1. The van der Waals surface area contributed by atoms with Crippen LogP contribution < -0.4 is 24.8 Å². The molecule has 2 atom stereocenters. The number of fused-ring (bicyclic) bond motifs is 1. The highest BCUT2D eigenvalue weighted by Gasteiger charge is 2.46. The first kappa shape index (κ1) is 28.9. The smallest absolute Gasteiger partial charge is 0.255 e. The first-order valence-electron chi connectivity index (χ1n) is 14.0. The Hall–Kier alpha value is -4.59. The van der Waals surface area contributed by atoms with Gasteiger partial charge in [-0.2, -0.15) is 0 Å². The van der Waals surface area contributed by atoms with Gasteiger partial charge in [-0.25, -0.2) is 4.98 Å². The van der Waals surface area contributed by atoms with Crippen LogP contribution in [0.1, 0.15) is 49.8 Å². The molecule has 8 nitrogen and oxygen atoms in total. The predicted molar refractivity (Wildman–Crippen MR) is 161 cm³/mol. The molecule has 1 aliphatic carbocycles. The van der Waals surface area contributed by atoms with Gasteiger partial charge in [0.1, 0.15) is 35.5 Å². The van der Waals surface area contributed by atoms with Gasteiger partial charge < -0.3 is 24.8 Å². The second kappa shape index (κ2) is 11.7. The van der Waals surface area contributed by atoms with Crippen molar-refractivity contribution in [2.45, 2.75) is 46.6 Å². The molecule has 2 aromatic carbocycles. The summed E-state index contributed by atoms with van der Waals surface area (Å²) < 4.78 is 17.0. The molecule has 2 unspecified atom stereocenters. The number of amides is 1. The third kappa shape index (κ3) is 6.03. The largest absolute Gasteiger partial charge is 0.497 e. The van der Waals surface area contributed by atoms with Gasteiger partial charge in [0.05, 0.1) is 20.1 Å². The minimum atomic E-state index is -0.530. The van der Waals surface area contributed by atoms with Gasteiger partial charge in [0.15, 0.2) is 0 Å².